The molecular weight excluding hydrogens is 192 g/mol. The molecule has 0 saturated carbocycles. The summed E-state index contributed by atoms with van der Waals surface area (Å²) < 4.78 is 0. The van der Waals surface area contributed by atoms with Gasteiger partial charge in [-0.25, -0.2) is 0 Å². The van der Waals surface area contributed by atoms with Crippen molar-refractivity contribution in [2.75, 3.05) is 0 Å². The van der Waals surface area contributed by atoms with Crippen molar-refractivity contribution in [2.45, 2.75) is 72.1 Å². The van der Waals surface area contributed by atoms with Crippen LogP contribution in [-0.4, -0.2) is 0 Å². The van der Waals surface area contributed by atoms with Crippen molar-refractivity contribution in [3.63, 3.8) is 0 Å². The molecular formula is C16H30. The summed E-state index contributed by atoms with van der Waals surface area (Å²) in [4.78, 5) is 0. The molecule has 0 aromatic rings. The fraction of sp³-hybridized carbons (Fsp3) is 0.875. The minimum Gasteiger partial charge on any atom is -0.0885 e. The molecule has 0 saturated heterocycles. The van der Waals surface area contributed by atoms with Gasteiger partial charge in [0.25, 0.3) is 0 Å². The third-order valence-corrected chi connectivity index (χ3v) is 4.11. The second-order valence-electron chi connectivity index (χ2n) is 5.89. The second-order valence-corrected chi connectivity index (χ2v) is 5.89. The van der Waals surface area contributed by atoms with E-state index in [2.05, 4.69) is 32.9 Å². The summed E-state index contributed by atoms with van der Waals surface area (Å²) in [6.07, 6.45) is 16.1. The van der Waals surface area contributed by atoms with Gasteiger partial charge in [-0.05, 0) is 49.9 Å². The Kier molecular flexibility index (Phi) is 6.84. The quantitative estimate of drug-likeness (QED) is 0.532. The van der Waals surface area contributed by atoms with Crippen LogP contribution < -0.4 is 0 Å². The largest absolute Gasteiger partial charge is 0.0885 e. The van der Waals surface area contributed by atoms with Gasteiger partial charge in [0.05, 0.1) is 0 Å². The first kappa shape index (κ1) is 13.8. The number of hydrogen-bond donors (Lipinski definition) is 0. The zero-order chi connectivity index (χ0) is 11.8. The first-order valence-electron chi connectivity index (χ1n) is 7.39. The first-order chi connectivity index (χ1) is 7.74. The topological polar surface area (TPSA) is 0 Å². The van der Waals surface area contributed by atoms with E-state index < -0.39 is 0 Å². The van der Waals surface area contributed by atoms with Gasteiger partial charge in [0.1, 0.15) is 0 Å². The monoisotopic (exact) mass is 222 g/mol. The summed E-state index contributed by atoms with van der Waals surface area (Å²) in [7, 11) is 0. The Morgan fingerprint density at radius 1 is 1.12 bits per heavy atom. The van der Waals surface area contributed by atoms with Crippen molar-refractivity contribution in [3.8, 4) is 0 Å². The fourth-order valence-corrected chi connectivity index (χ4v) is 2.92. The van der Waals surface area contributed by atoms with Crippen LogP contribution >= 0.6 is 0 Å². The molecule has 0 N–H and O–H groups in total. The average molecular weight is 222 g/mol. The Balaban J connectivity index is 2.42. The molecule has 2 unspecified atom stereocenters. The average Bonchev–Trinajstić information content (AvgIpc) is 2.20. The lowest BCUT2D eigenvalue weighted by molar-refractivity contribution is 0.263. The second kappa shape index (κ2) is 7.92. The molecule has 1 aliphatic carbocycles. The summed E-state index contributed by atoms with van der Waals surface area (Å²) in [5.41, 5.74) is 0. The van der Waals surface area contributed by atoms with Gasteiger partial charge < -0.3 is 0 Å². The Morgan fingerprint density at radius 3 is 2.62 bits per heavy atom. The molecule has 0 amide bonds. The summed E-state index contributed by atoms with van der Waals surface area (Å²) >= 11 is 0. The lowest BCUT2D eigenvalue weighted by Gasteiger charge is -2.27. The van der Waals surface area contributed by atoms with Gasteiger partial charge in [-0.3, -0.25) is 0 Å². The van der Waals surface area contributed by atoms with Crippen LogP contribution in [0.5, 0.6) is 0 Å². The van der Waals surface area contributed by atoms with Crippen molar-refractivity contribution in [1.29, 1.82) is 0 Å². The van der Waals surface area contributed by atoms with E-state index in [0.717, 1.165) is 17.8 Å². The van der Waals surface area contributed by atoms with Crippen molar-refractivity contribution in [1.82, 2.24) is 0 Å². The molecule has 0 heterocycles. The van der Waals surface area contributed by atoms with E-state index >= 15 is 0 Å². The van der Waals surface area contributed by atoms with Crippen LogP contribution in [0.4, 0.5) is 0 Å². The van der Waals surface area contributed by atoms with Crippen molar-refractivity contribution >= 4 is 0 Å². The third-order valence-electron chi connectivity index (χ3n) is 4.11. The molecule has 0 aromatic heterocycles. The zero-order valence-electron chi connectivity index (χ0n) is 11.5. The molecule has 1 aliphatic rings. The van der Waals surface area contributed by atoms with Crippen LogP contribution in [0.25, 0.3) is 0 Å². The molecule has 0 bridgehead atoms. The number of hydrogen-bond acceptors (Lipinski definition) is 0. The molecule has 0 nitrogen and oxygen atoms in total. The highest BCUT2D eigenvalue weighted by atomic mass is 14.2. The maximum absolute atomic E-state index is 2.45. The smallest absolute Gasteiger partial charge is 0.0320 e. The summed E-state index contributed by atoms with van der Waals surface area (Å²) in [6, 6.07) is 0. The molecule has 0 heteroatoms. The van der Waals surface area contributed by atoms with Crippen LogP contribution in [-0.2, 0) is 0 Å². The standard InChI is InChI=1S/C16H30/c1-4-15(13-12-14(2)3)16-10-8-6-5-7-9-11-16/h6,8,14-16H,4-5,7,9-13H2,1-3H3. The summed E-state index contributed by atoms with van der Waals surface area (Å²) in [5, 5.41) is 0. The summed E-state index contributed by atoms with van der Waals surface area (Å²) in [5.74, 6) is 2.82. The van der Waals surface area contributed by atoms with Gasteiger partial charge in [-0.1, -0.05) is 52.2 Å². The normalized spacial score (nSPS) is 24.1. The Labute approximate surface area is 103 Å². The first-order valence-corrected chi connectivity index (χ1v) is 7.39. The molecule has 0 fully saturated rings. The van der Waals surface area contributed by atoms with Crippen LogP contribution in [0.2, 0.25) is 0 Å². The molecule has 2 atom stereocenters. The molecule has 0 radical (unpaired) electrons. The third kappa shape index (κ3) is 5.18. The molecule has 1 rings (SSSR count). The van der Waals surface area contributed by atoms with Gasteiger partial charge in [-0.2, -0.15) is 0 Å². The van der Waals surface area contributed by atoms with Crippen LogP contribution in [0.15, 0.2) is 12.2 Å². The molecule has 0 spiro atoms. The van der Waals surface area contributed by atoms with E-state index in [1.807, 2.05) is 0 Å². The number of allylic oxidation sites excluding steroid dienone is 2. The minimum atomic E-state index is 0.873. The summed E-state index contributed by atoms with van der Waals surface area (Å²) in [6.45, 7) is 7.09. The number of rotatable bonds is 5. The van der Waals surface area contributed by atoms with Crippen LogP contribution in [0, 0.1) is 17.8 Å². The highest BCUT2D eigenvalue weighted by Gasteiger charge is 2.19. The van der Waals surface area contributed by atoms with E-state index in [4.69, 9.17) is 0 Å². The fourth-order valence-electron chi connectivity index (χ4n) is 2.92. The van der Waals surface area contributed by atoms with Gasteiger partial charge in [0.15, 0.2) is 0 Å². The van der Waals surface area contributed by atoms with E-state index in [9.17, 15) is 0 Å². The molecule has 94 valence electrons. The van der Waals surface area contributed by atoms with E-state index in [1.54, 1.807) is 0 Å². The SMILES string of the molecule is CCC(CCC(C)C)C1CC=CCCCC1. The van der Waals surface area contributed by atoms with Gasteiger partial charge in [-0.15, -0.1) is 0 Å². The van der Waals surface area contributed by atoms with Crippen molar-refractivity contribution in [3.05, 3.63) is 12.2 Å². The van der Waals surface area contributed by atoms with Crippen LogP contribution in [0.1, 0.15) is 72.1 Å². The van der Waals surface area contributed by atoms with Crippen molar-refractivity contribution < 1.29 is 0 Å². The molecule has 0 aromatic carbocycles. The predicted molar refractivity (Wildman–Crippen MR) is 73.6 cm³/mol. The highest BCUT2D eigenvalue weighted by Crippen LogP contribution is 2.31. The predicted octanol–water partition coefficient (Wildman–Crippen LogP) is 5.59. The minimum absolute atomic E-state index is 0.873. The maximum Gasteiger partial charge on any atom is -0.0320 e. The molecule has 16 heavy (non-hydrogen) atoms. The zero-order valence-corrected chi connectivity index (χ0v) is 11.5. The maximum atomic E-state index is 2.45. The van der Waals surface area contributed by atoms with Crippen molar-refractivity contribution in [2.24, 2.45) is 17.8 Å². The van der Waals surface area contributed by atoms with Gasteiger partial charge >= 0.3 is 0 Å². The van der Waals surface area contributed by atoms with E-state index in [-0.39, 0.29) is 0 Å². The van der Waals surface area contributed by atoms with E-state index in [0.29, 0.717) is 0 Å². The highest BCUT2D eigenvalue weighted by molar-refractivity contribution is 4.88. The lowest BCUT2D eigenvalue weighted by Crippen LogP contribution is -2.15. The van der Waals surface area contributed by atoms with Gasteiger partial charge in [0, 0.05) is 0 Å². The van der Waals surface area contributed by atoms with Crippen LogP contribution in [0.3, 0.4) is 0 Å². The Hall–Kier alpha value is -0.260. The Bertz CT molecular complexity index is 190. The Morgan fingerprint density at radius 2 is 1.94 bits per heavy atom. The van der Waals surface area contributed by atoms with E-state index in [1.165, 1.54) is 51.4 Å². The molecule has 0 aliphatic heterocycles. The lowest BCUT2D eigenvalue weighted by atomic mass is 9.79. The van der Waals surface area contributed by atoms with Gasteiger partial charge in [0.2, 0.25) is 0 Å².